The van der Waals surface area contributed by atoms with Gasteiger partial charge in [0.05, 0.1) is 33.0 Å². The van der Waals surface area contributed by atoms with E-state index >= 15 is 0 Å². The first-order valence-electron chi connectivity index (χ1n) is 8.68. The lowest BCUT2D eigenvalue weighted by Gasteiger charge is -2.11. The van der Waals surface area contributed by atoms with E-state index in [4.69, 9.17) is 9.47 Å². The van der Waals surface area contributed by atoms with Crippen molar-refractivity contribution in [3.05, 3.63) is 44.9 Å². The molecule has 0 aliphatic heterocycles. The largest absolute Gasteiger partial charge is 0.496 e. The first-order chi connectivity index (χ1) is 13.0. The Labute approximate surface area is 163 Å². The van der Waals surface area contributed by atoms with Gasteiger partial charge in [-0.25, -0.2) is 14.8 Å². The molecule has 27 heavy (non-hydrogen) atoms. The summed E-state index contributed by atoms with van der Waals surface area (Å²) in [5, 5.41) is 7.53. The molecule has 1 aromatic heterocycles. The zero-order valence-corrected chi connectivity index (χ0v) is 17.2. The molecular formula is C19H26N4O3S. The Morgan fingerprint density at radius 2 is 2.04 bits per heavy atom. The molecule has 0 unspecified atom stereocenters. The number of carbonyl (C=O) groups excluding carboxylic acids is 1. The van der Waals surface area contributed by atoms with Gasteiger partial charge in [0.2, 0.25) is 0 Å². The second-order valence-corrected chi connectivity index (χ2v) is 7.11. The lowest BCUT2D eigenvalue weighted by atomic mass is 10.1. The molecule has 0 saturated heterocycles. The summed E-state index contributed by atoms with van der Waals surface area (Å²) in [6.45, 7) is 7.87. The average molecular weight is 391 g/mol. The van der Waals surface area contributed by atoms with E-state index in [1.807, 2.05) is 19.9 Å². The summed E-state index contributed by atoms with van der Waals surface area (Å²) in [5.74, 6) is 0.741. The van der Waals surface area contributed by atoms with E-state index < -0.39 is 5.97 Å². The number of aryl methyl sites for hydroxylation is 2. The molecule has 2 aromatic rings. The van der Waals surface area contributed by atoms with Crippen molar-refractivity contribution in [3.8, 4) is 5.75 Å². The minimum absolute atomic E-state index is 0.388. The molecule has 0 aliphatic rings. The number of carbonyl (C=O) groups is 1. The maximum atomic E-state index is 11.9. The van der Waals surface area contributed by atoms with Crippen LogP contribution in [0.25, 0.3) is 0 Å². The normalized spacial score (nSPS) is 11.2. The molecule has 0 atom stereocenters. The predicted octanol–water partition coefficient (Wildman–Crippen LogP) is 2.81. The fraction of sp³-hybridized carbons (Fsp3) is 0.421. The highest BCUT2D eigenvalue weighted by Gasteiger charge is 2.13. The number of esters is 1. The van der Waals surface area contributed by atoms with Crippen molar-refractivity contribution in [1.29, 1.82) is 0 Å². The van der Waals surface area contributed by atoms with E-state index in [9.17, 15) is 4.79 Å². The number of aromatic nitrogens is 1. The summed E-state index contributed by atoms with van der Waals surface area (Å²) < 4.78 is 10.0. The molecule has 0 fully saturated rings. The number of guanidine groups is 1. The SMILES string of the molecule is CCNC(=NCc1ccc(OC)c(C(=O)OC)c1)NCc1nc(C)c(C)s1. The summed E-state index contributed by atoms with van der Waals surface area (Å²) in [6.07, 6.45) is 0. The number of aliphatic imine (C=N–C) groups is 1. The van der Waals surface area contributed by atoms with Gasteiger partial charge in [0, 0.05) is 11.4 Å². The van der Waals surface area contributed by atoms with Gasteiger partial charge in [0.1, 0.15) is 16.3 Å². The lowest BCUT2D eigenvalue weighted by Crippen LogP contribution is -2.36. The number of nitrogens with one attached hydrogen (secondary N) is 2. The predicted molar refractivity (Wildman–Crippen MR) is 108 cm³/mol. The standard InChI is InChI=1S/C19H26N4O3S/c1-6-20-19(22-11-17-23-12(2)13(3)27-17)21-10-14-7-8-16(25-4)15(9-14)18(24)26-5/h7-9H,6,10-11H2,1-5H3,(H2,20,21,22). The highest BCUT2D eigenvalue weighted by atomic mass is 32.1. The van der Waals surface area contributed by atoms with Crippen LogP contribution in [0.15, 0.2) is 23.2 Å². The number of rotatable bonds is 7. The molecule has 0 bridgehead atoms. The zero-order valence-electron chi connectivity index (χ0n) is 16.4. The van der Waals surface area contributed by atoms with E-state index in [0.29, 0.717) is 30.4 Å². The highest BCUT2D eigenvalue weighted by molar-refractivity contribution is 7.11. The molecule has 0 spiro atoms. The Kier molecular flexibility index (Phi) is 7.60. The van der Waals surface area contributed by atoms with E-state index in [1.165, 1.54) is 19.1 Å². The van der Waals surface area contributed by atoms with Gasteiger partial charge in [0.15, 0.2) is 5.96 Å². The molecule has 1 aromatic carbocycles. The maximum Gasteiger partial charge on any atom is 0.341 e. The van der Waals surface area contributed by atoms with Gasteiger partial charge in [-0.15, -0.1) is 11.3 Å². The molecule has 0 amide bonds. The Bertz CT molecular complexity index is 798. The van der Waals surface area contributed by atoms with Crippen molar-refractivity contribution in [1.82, 2.24) is 15.6 Å². The van der Waals surface area contributed by atoms with Gasteiger partial charge < -0.3 is 20.1 Å². The first-order valence-corrected chi connectivity index (χ1v) is 9.50. The summed E-state index contributed by atoms with van der Waals surface area (Å²) in [5.41, 5.74) is 2.33. The molecule has 1 heterocycles. The minimum atomic E-state index is -0.433. The maximum absolute atomic E-state index is 11.9. The number of hydrogen-bond donors (Lipinski definition) is 2. The Hall–Kier alpha value is -2.61. The third kappa shape index (κ3) is 5.68. The van der Waals surface area contributed by atoms with Crippen LogP contribution in [-0.2, 0) is 17.8 Å². The van der Waals surface area contributed by atoms with Gasteiger partial charge in [-0.05, 0) is 38.5 Å². The van der Waals surface area contributed by atoms with Gasteiger partial charge in [-0.2, -0.15) is 0 Å². The van der Waals surface area contributed by atoms with Crippen molar-refractivity contribution < 1.29 is 14.3 Å². The van der Waals surface area contributed by atoms with Crippen LogP contribution in [0.4, 0.5) is 0 Å². The molecule has 146 valence electrons. The van der Waals surface area contributed by atoms with Crippen LogP contribution in [0.5, 0.6) is 5.75 Å². The summed E-state index contributed by atoms with van der Waals surface area (Å²) in [7, 11) is 2.87. The van der Waals surface area contributed by atoms with Crippen molar-refractivity contribution in [3.63, 3.8) is 0 Å². The fourth-order valence-corrected chi connectivity index (χ4v) is 3.28. The zero-order chi connectivity index (χ0) is 19.8. The second-order valence-electron chi connectivity index (χ2n) is 5.82. The van der Waals surface area contributed by atoms with Crippen LogP contribution < -0.4 is 15.4 Å². The van der Waals surface area contributed by atoms with E-state index in [2.05, 4.69) is 27.5 Å². The van der Waals surface area contributed by atoms with Gasteiger partial charge in [-0.1, -0.05) is 6.07 Å². The number of nitrogens with zero attached hydrogens (tertiary/aromatic N) is 2. The second kappa shape index (κ2) is 9.91. The highest BCUT2D eigenvalue weighted by Crippen LogP contribution is 2.21. The molecule has 0 aliphatic carbocycles. The van der Waals surface area contributed by atoms with Gasteiger partial charge in [-0.3, -0.25) is 0 Å². The third-order valence-electron chi connectivity index (χ3n) is 3.91. The lowest BCUT2D eigenvalue weighted by molar-refractivity contribution is 0.0597. The minimum Gasteiger partial charge on any atom is -0.496 e. The van der Waals surface area contributed by atoms with E-state index in [1.54, 1.807) is 23.5 Å². The van der Waals surface area contributed by atoms with Crippen molar-refractivity contribution in [2.75, 3.05) is 20.8 Å². The van der Waals surface area contributed by atoms with Gasteiger partial charge in [0.25, 0.3) is 0 Å². The number of benzene rings is 1. The Balaban J connectivity index is 2.10. The molecular weight excluding hydrogens is 364 g/mol. The molecule has 7 nitrogen and oxygen atoms in total. The summed E-state index contributed by atoms with van der Waals surface area (Å²) >= 11 is 1.68. The first kappa shape index (κ1) is 20.7. The Morgan fingerprint density at radius 3 is 2.63 bits per heavy atom. The van der Waals surface area contributed by atoms with Crippen molar-refractivity contribution in [2.45, 2.75) is 33.9 Å². The quantitative estimate of drug-likeness (QED) is 0.430. The Morgan fingerprint density at radius 1 is 1.26 bits per heavy atom. The van der Waals surface area contributed by atoms with Crippen LogP contribution >= 0.6 is 11.3 Å². The van der Waals surface area contributed by atoms with Crippen LogP contribution in [-0.4, -0.2) is 37.7 Å². The smallest absolute Gasteiger partial charge is 0.341 e. The summed E-state index contributed by atoms with van der Waals surface area (Å²) in [6, 6.07) is 5.37. The molecule has 0 radical (unpaired) electrons. The number of thiazole rings is 1. The number of methoxy groups -OCH3 is 2. The van der Waals surface area contributed by atoms with Crippen LogP contribution in [0.1, 0.15) is 38.4 Å². The summed E-state index contributed by atoms with van der Waals surface area (Å²) in [4.78, 5) is 22.2. The third-order valence-corrected chi connectivity index (χ3v) is 4.99. The molecule has 2 rings (SSSR count). The van der Waals surface area contributed by atoms with Crippen LogP contribution in [0, 0.1) is 13.8 Å². The van der Waals surface area contributed by atoms with E-state index in [-0.39, 0.29) is 0 Å². The average Bonchev–Trinajstić information content (AvgIpc) is 3.00. The topological polar surface area (TPSA) is 84.8 Å². The van der Waals surface area contributed by atoms with Crippen LogP contribution in [0.3, 0.4) is 0 Å². The van der Waals surface area contributed by atoms with Crippen molar-refractivity contribution >= 4 is 23.3 Å². The van der Waals surface area contributed by atoms with Gasteiger partial charge >= 0.3 is 5.97 Å². The monoisotopic (exact) mass is 390 g/mol. The number of ether oxygens (including phenoxy) is 2. The molecule has 0 saturated carbocycles. The molecule has 2 N–H and O–H groups in total. The molecule has 8 heteroatoms. The fourth-order valence-electron chi connectivity index (χ4n) is 2.41. The number of hydrogen-bond acceptors (Lipinski definition) is 6. The van der Waals surface area contributed by atoms with Crippen molar-refractivity contribution in [2.24, 2.45) is 4.99 Å². The van der Waals surface area contributed by atoms with E-state index in [0.717, 1.165) is 22.8 Å². The van der Waals surface area contributed by atoms with Crippen LogP contribution in [0.2, 0.25) is 0 Å².